The molecule has 0 aromatic carbocycles. The molecule has 0 bridgehead atoms. The predicted octanol–water partition coefficient (Wildman–Crippen LogP) is 0.778. The van der Waals surface area contributed by atoms with Crippen molar-refractivity contribution in [3.05, 3.63) is 30.1 Å². The highest BCUT2D eigenvalue weighted by Gasteiger charge is 2.44. The molecule has 3 saturated heterocycles. The summed E-state index contributed by atoms with van der Waals surface area (Å²) in [5, 5.41) is 0. The van der Waals surface area contributed by atoms with Crippen LogP contribution in [-0.4, -0.2) is 97.3 Å². The van der Waals surface area contributed by atoms with Gasteiger partial charge in [0.25, 0.3) is 0 Å². The first-order valence-electron chi connectivity index (χ1n) is 9.99. The van der Waals surface area contributed by atoms with Crippen LogP contribution in [0.2, 0.25) is 0 Å². The van der Waals surface area contributed by atoms with Gasteiger partial charge in [0.05, 0.1) is 13.2 Å². The molecule has 27 heavy (non-hydrogen) atoms. The van der Waals surface area contributed by atoms with Gasteiger partial charge in [0.1, 0.15) is 6.04 Å². The van der Waals surface area contributed by atoms with Crippen molar-refractivity contribution in [2.24, 2.45) is 0 Å². The molecule has 1 unspecified atom stereocenters. The maximum absolute atomic E-state index is 13.7. The van der Waals surface area contributed by atoms with Gasteiger partial charge in [0, 0.05) is 63.9 Å². The van der Waals surface area contributed by atoms with Crippen molar-refractivity contribution in [1.29, 1.82) is 0 Å². The van der Waals surface area contributed by atoms with Gasteiger partial charge in [-0.2, -0.15) is 0 Å². The fraction of sp³-hybridized carbons (Fsp3) is 0.700. The Kier molecular flexibility index (Phi) is 5.73. The molecule has 4 heterocycles. The van der Waals surface area contributed by atoms with Crippen LogP contribution in [-0.2, 0) is 14.3 Å². The van der Waals surface area contributed by atoms with Crippen molar-refractivity contribution in [1.82, 2.24) is 19.7 Å². The molecule has 7 nitrogen and oxygen atoms in total. The lowest BCUT2D eigenvalue weighted by Gasteiger charge is -2.52. The average molecular weight is 374 g/mol. The first-order valence-corrected chi connectivity index (χ1v) is 9.99. The summed E-state index contributed by atoms with van der Waals surface area (Å²) >= 11 is 0. The topological polar surface area (TPSA) is 58.1 Å². The molecule has 1 aromatic rings. The Labute approximate surface area is 161 Å². The molecule has 3 aliphatic rings. The van der Waals surface area contributed by atoms with Gasteiger partial charge in [0.2, 0.25) is 5.91 Å². The number of likely N-dealkylation sites (N-methyl/N-ethyl adjacent to an activating group) is 1. The average Bonchev–Trinajstić information content (AvgIpc) is 2.73. The molecule has 0 radical (unpaired) electrons. The Morgan fingerprint density at radius 3 is 2.56 bits per heavy atom. The van der Waals surface area contributed by atoms with E-state index >= 15 is 0 Å². The van der Waals surface area contributed by atoms with E-state index in [2.05, 4.69) is 26.7 Å². The molecule has 0 saturated carbocycles. The number of carbonyl (C=O) groups excluding carboxylic acids is 1. The zero-order valence-corrected chi connectivity index (χ0v) is 16.2. The molecule has 7 heteroatoms. The minimum atomic E-state index is -0.275. The highest BCUT2D eigenvalue weighted by Crippen LogP contribution is 2.33. The fourth-order valence-corrected chi connectivity index (χ4v) is 4.60. The first kappa shape index (κ1) is 18.8. The molecule has 0 N–H and O–H groups in total. The van der Waals surface area contributed by atoms with Crippen LogP contribution in [0.3, 0.4) is 0 Å². The zero-order chi connectivity index (χ0) is 18.7. The SMILES string of the molecule is CN1CCN(C(=O)C(c2cccnc2)N2CCOCC2)CC12CCOCC2. The quantitative estimate of drug-likeness (QED) is 0.779. The van der Waals surface area contributed by atoms with Crippen LogP contribution >= 0.6 is 0 Å². The van der Waals surface area contributed by atoms with Gasteiger partial charge in [-0.05, 0) is 31.5 Å². The van der Waals surface area contributed by atoms with Crippen molar-refractivity contribution in [2.45, 2.75) is 24.4 Å². The van der Waals surface area contributed by atoms with Crippen molar-refractivity contribution in [2.75, 3.05) is 66.2 Å². The zero-order valence-electron chi connectivity index (χ0n) is 16.2. The summed E-state index contributed by atoms with van der Waals surface area (Å²) < 4.78 is 11.1. The Balaban J connectivity index is 1.57. The summed E-state index contributed by atoms with van der Waals surface area (Å²) in [6, 6.07) is 3.66. The van der Waals surface area contributed by atoms with E-state index in [-0.39, 0.29) is 17.5 Å². The van der Waals surface area contributed by atoms with Crippen molar-refractivity contribution in [3.8, 4) is 0 Å². The maximum Gasteiger partial charge on any atom is 0.244 e. The number of nitrogens with zero attached hydrogens (tertiary/aromatic N) is 4. The summed E-state index contributed by atoms with van der Waals surface area (Å²) in [4.78, 5) is 24.7. The number of aromatic nitrogens is 1. The van der Waals surface area contributed by atoms with Crippen LogP contribution in [0.5, 0.6) is 0 Å². The van der Waals surface area contributed by atoms with Gasteiger partial charge in [-0.3, -0.25) is 19.6 Å². The minimum Gasteiger partial charge on any atom is -0.381 e. The summed E-state index contributed by atoms with van der Waals surface area (Å²) in [6.07, 6.45) is 5.57. The smallest absolute Gasteiger partial charge is 0.244 e. The van der Waals surface area contributed by atoms with E-state index in [9.17, 15) is 4.79 Å². The third-order valence-corrected chi connectivity index (χ3v) is 6.38. The van der Waals surface area contributed by atoms with Gasteiger partial charge in [-0.1, -0.05) is 6.07 Å². The number of morpholine rings is 1. The largest absolute Gasteiger partial charge is 0.381 e. The Hall–Kier alpha value is -1.54. The van der Waals surface area contributed by atoms with Crippen molar-refractivity contribution in [3.63, 3.8) is 0 Å². The van der Waals surface area contributed by atoms with Gasteiger partial charge in [-0.25, -0.2) is 0 Å². The lowest BCUT2D eigenvalue weighted by Crippen LogP contribution is -2.64. The van der Waals surface area contributed by atoms with Gasteiger partial charge in [-0.15, -0.1) is 0 Å². The fourth-order valence-electron chi connectivity index (χ4n) is 4.60. The van der Waals surface area contributed by atoms with Crippen LogP contribution in [0.25, 0.3) is 0 Å². The monoisotopic (exact) mass is 374 g/mol. The van der Waals surface area contributed by atoms with Gasteiger partial charge in [0.15, 0.2) is 0 Å². The van der Waals surface area contributed by atoms with E-state index in [0.29, 0.717) is 13.2 Å². The van der Waals surface area contributed by atoms with E-state index < -0.39 is 0 Å². The summed E-state index contributed by atoms with van der Waals surface area (Å²) in [7, 11) is 2.19. The standard InChI is InChI=1S/C20H30N4O3/c1-22-7-8-24(16-20(22)4-11-26-12-5-20)19(25)18(17-3-2-6-21-15-17)23-9-13-27-14-10-23/h2-3,6,15,18H,4-5,7-14,16H2,1H3. The lowest BCUT2D eigenvalue weighted by atomic mass is 9.85. The van der Waals surface area contributed by atoms with Crippen LogP contribution in [0.1, 0.15) is 24.4 Å². The third kappa shape index (κ3) is 3.87. The van der Waals surface area contributed by atoms with E-state index in [4.69, 9.17) is 9.47 Å². The van der Waals surface area contributed by atoms with Crippen LogP contribution < -0.4 is 0 Å². The van der Waals surface area contributed by atoms with Crippen LogP contribution in [0.15, 0.2) is 24.5 Å². The predicted molar refractivity (Wildman–Crippen MR) is 101 cm³/mol. The molecular formula is C20H30N4O3. The Morgan fingerprint density at radius 2 is 1.85 bits per heavy atom. The van der Waals surface area contributed by atoms with Crippen LogP contribution in [0, 0.1) is 0 Å². The molecule has 1 amide bonds. The van der Waals surface area contributed by atoms with Gasteiger partial charge < -0.3 is 14.4 Å². The van der Waals surface area contributed by atoms with E-state index in [1.807, 2.05) is 18.3 Å². The lowest BCUT2D eigenvalue weighted by molar-refractivity contribution is -0.147. The summed E-state index contributed by atoms with van der Waals surface area (Å²) in [5.74, 6) is 0.198. The molecule has 0 aliphatic carbocycles. The van der Waals surface area contributed by atoms with E-state index in [1.165, 1.54) is 0 Å². The first-order chi connectivity index (χ1) is 13.2. The van der Waals surface area contributed by atoms with Crippen molar-refractivity contribution >= 4 is 5.91 Å². The molecular weight excluding hydrogens is 344 g/mol. The molecule has 3 fully saturated rings. The highest BCUT2D eigenvalue weighted by molar-refractivity contribution is 5.83. The Morgan fingerprint density at radius 1 is 1.11 bits per heavy atom. The third-order valence-electron chi connectivity index (χ3n) is 6.38. The van der Waals surface area contributed by atoms with Gasteiger partial charge >= 0.3 is 0 Å². The summed E-state index contributed by atoms with van der Waals surface area (Å²) in [6.45, 7) is 6.93. The molecule has 148 valence electrons. The molecule has 1 spiro atoms. The second kappa shape index (κ2) is 8.22. The van der Waals surface area contributed by atoms with E-state index in [1.54, 1.807) is 6.20 Å². The number of hydrogen-bond acceptors (Lipinski definition) is 6. The van der Waals surface area contributed by atoms with E-state index in [0.717, 1.165) is 64.3 Å². The number of ether oxygens (including phenoxy) is 2. The normalized spacial score (nSPS) is 25.4. The number of amides is 1. The number of carbonyl (C=O) groups is 1. The molecule has 4 rings (SSSR count). The Bertz CT molecular complexity index is 629. The minimum absolute atomic E-state index is 0.0522. The second-order valence-electron chi connectivity index (χ2n) is 7.86. The molecule has 3 aliphatic heterocycles. The number of pyridine rings is 1. The highest BCUT2D eigenvalue weighted by atomic mass is 16.5. The second-order valence-corrected chi connectivity index (χ2v) is 7.86. The molecule has 1 atom stereocenters. The van der Waals surface area contributed by atoms with Crippen molar-refractivity contribution < 1.29 is 14.3 Å². The summed E-state index contributed by atoms with van der Waals surface area (Å²) in [5.41, 5.74) is 1.03. The van der Waals surface area contributed by atoms with Crippen LogP contribution in [0.4, 0.5) is 0 Å². The molecule has 1 aromatic heterocycles. The maximum atomic E-state index is 13.7. The number of rotatable bonds is 3. The number of piperazine rings is 1. The number of hydrogen-bond donors (Lipinski definition) is 0.